The summed E-state index contributed by atoms with van der Waals surface area (Å²) < 4.78 is 20.9. The van der Waals surface area contributed by atoms with Gasteiger partial charge in [-0.25, -0.2) is 9.69 Å². The van der Waals surface area contributed by atoms with Crippen molar-refractivity contribution in [2.24, 2.45) is 0 Å². The Bertz CT molecular complexity index is 1400. The molecule has 38 heavy (non-hydrogen) atoms. The predicted molar refractivity (Wildman–Crippen MR) is 134 cm³/mol. The number of fused-ring (bicyclic) bond motifs is 1. The molecule has 0 aliphatic carbocycles. The second kappa shape index (κ2) is 10.7. The van der Waals surface area contributed by atoms with Crippen LogP contribution in [0.1, 0.15) is 32.7 Å². The monoisotopic (exact) mass is 516 g/mol. The second-order valence-electron chi connectivity index (χ2n) is 8.67. The van der Waals surface area contributed by atoms with Crippen molar-refractivity contribution >= 4 is 29.3 Å². The third kappa shape index (κ3) is 5.21. The molecule has 1 saturated heterocycles. The van der Waals surface area contributed by atoms with Crippen LogP contribution in [0.3, 0.4) is 0 Å². The number of nitrogens with one attached hydrogen (secondary N) is 1. The number of hydrogen-bond donors (Lipinski definition) is 1. The van der Waals surface area contributed by atoms with E-state index in [9.17, 15) is 19.2 Å². The minimum atomic E-state index is -0.699. The molecular formula is C28H24N2O8. The molecule has 3 aromatic carbocycles. The van der Waals surface area contributed by atoms with Crippen LogP contribution in [0.4, 0.5) is 5.69 Å². The fourth-order valence-corrected chi connectivity index (χ4v) is 4.20. The first-order valence-electron chi connectivity index (χ1n) is 11.9. The zero-order chi connectivity index (χ0) is 26.6. The van der Waals surface area contributed by atoms with Gasteiger partial charge in [0, 0.05) is 12.1 Å². The van der Waals surface area contributed by atoms with Gasteiger partial charge in [-0.15, -0.1) is 0 Å². The zero-order valence-electron chi connectivity index (χ0n) is 20.5. The third-order valence-electron chi connectivity index (χ3n) is 6.22. The Kier molecular flexibility index (Phi) is 7.05. The lowest BCUT2D eigenvalue weighted by Gasteiger charge is -2.16. The van der Waals surface area contributed by atoms with E-state index in [1.54, 1.807) is 30.3 Å². The predicted octanol–water partition coefficient (Wildman–Crippen LogP) is 2.89. The quantitative estimate of drug-likeness (QED) is 0.260. The summed E-state index contributed by atoms with van der Waals surface area (Å²) in [6.45, 7) is 0.107. The summed E-state index contributed by atoms with van der Waals surface area (Å²) >= 11 is 0. The van der Waals surface area contributed by atoms with Gasteiger partial charge in [0.05, 0.1) is 30.8 Å². The van der Waals surface area contributed by atoms with Crippen molar-refractivity contribution in [2.75, 3.05) is 25.4 Å². The molecule has 10 heteroatoms. The smallest absolute Gasteiger partial charge is 0.338 e. The van der Waals surface area contributed by atoms with E-state index < -0.39 is 18.6 Å². The number of Topliss-reactive ketones (excluding diaryl/α,β-unsaturated/α-hetero) is 1. The van der Waals surface area contributed by atoms with E-state index in [2.05, 4.69) is 5.32 Å². The summed E-state index contributed by atoms with van der Waals surface area (Å²) in [7, 11) is 1.49. The number of amides is 2. The van der Waals surface area contributed by atoms with Crippen LogP contribution in [0.2, 0.25) is 0 Å². The molecule has 1 fully saturated rings. The Balaban J connectivity index is 1.17. The highest BCUT2D eigenvalue weighted by molar-refractivity contribution is 6.22. The lowest BCUT2D eigenvalue weighted by molar-refractivity contribution is -0.121. The first-order chi connectivity index (χ1) is 18.4. The van der Waals surface area contributed by atoms with Gasteiger partial charge in [-0.05, 0) is 54.1 Å². The molecular weight excluding hydrogens is 492 g/mol. The number of ketones is 1. The van der Waals surface area contributed by atoms with Gasteiger partial charge in [0.1, 0.15) is 5.75 Å². The minimum Gasteiger partial charge on any atom is -0.497 e. The van der Waals surface area contributed by atoms with Crippen molar-refractivity contribution in [3.05, 3.63) is 83.4 Å². The zero-order valence-corrected chi connectivity index (χ0v) is 20.5. The molecule has 1 atom stereocenters. The number of methoxy groups -OCH3 is 1. The number of carbonyl (C=O) groups excluding carboxylic acids is 4. The Morgan fingerprint density at radius 2 is 1.76 bits per heavy atom. The fraction of sp³-hybridized carbons (Fsp3) is 0.214. The highest BCUT2D eigenvalue weighted by Crippen LogP contribution is 2.32. The standard InChI is InChI=1S/C28H24N2O8/c1-35-21-4-2-3-19(12-21)23(31)15-36-28(34)18-6-8-20(9-7-18)30-26(32)13-22(27(30)33)29-14-17-5-10-24-25(11-17)38-16-37-24/h2-12,22,29H,13-16H2,1H3. The molecule has 3 aromatic rings. The van der Waals surface area contributed by atoms with E-state index in [-0.39, 0.29) is 36.4 Å². The van der Waals surface area contributed by atoms with Crippen LogP contribution in [-0.2, 0) is 20.9 Å². The normalized spacial score (nSPS) is 16.0. The second-order valence-corrected chi connectivity index (χ2v) is 8.67. The number of hydrogen-bond acceptors (Lipinski definition) is 9. The lowest BCUT2D eigenvalue weighted by atomic mass is 10.1. The molecule has 2 amide bonds. The van der Waals surface area contributed by atoms with Gasteiger partial charge in [0.15, 0.2) is 23.9 Å². The number of rotatable bonds is 9. The van der Waals surface area contributed by atoms with Crippen molar-refractivity contribution in [3.63, 3.8) is 0 Å². The Morgan fingerprint density at radius 3 is 2.55 bits per heavy atom. The molecule has 1 unspecified atom stereocenters. The topological polar surface area (TPSA) is 120 Å². The molecule has 10 nitrogen and oxygen atoms in total. The van der Waals surface area contributed by atoms with Crippen molar-refractivity contribution in [1.82, 2.24) is 5.32 Å². The van der Waals surface area contributed by atoms with E-state index in [4.69, 9.17) is 18.9 Å². The first-order valence-corrected chi connectivity index (χ1v) is 11.9. The van der Waals surface area contributed by atoms with Crippen LogP contribution < -0.4 is 24.4 Å². The summed E-state index contributed by atoms with van der Waals surface area (Å²) in [6.07, 6.45) is 0.0135. The average molecular weight is 517 g/mol. The molecule has 0 aromatic heterocycles. The summed E-state index contributed by atoms with van der Waals surface area (Å²) in [5.41, 5.74) is 1.78. The van der Waals surface area contributed by atoms with Crippen LogP contribution in [0.15, 0.2) is 66.7 Å². The number of carbonyl (C=O) groups is 4. The van der Waals surface area contributed by atoms with Crippen LogP contribution in [0.5, 0.6) is 17.2 Å². The minimum absolute atomic E-state index is 0.0135. The van der Waals surface area contributed by atoms with Crippen LogP contribution in [-0.4, -0.2) is 50.1 Å². The van der Waals surface area contributed by atoms with E-state index in [1.165, 1.54) is 31.4 Å². The van der Waals surface area contributed by atoms with Crippen molar-refractivity contribution in [3.8, 4) is 17.2 Å². The number of nitrogens with zero attached hydrogens (tertiary/aromatic N) is 1. The molecule has 0 bridgehead atoms. The number of benzene rings is 3. The van der Waals surface area contributed by atoms with Crippen LogP contribution >= 0.6 is 0 Å². The number of esters is 1. The van der Waals surface area contributed by atoms with Gasteiger partial charge in [-0.1, -0.05) is 18.2 Å². The van der Waals surface area contributed by atoms with Gasteiger partial charge in [-0.3, -0.25) is 14.4 Å². The highest BCUT2D eigenvalue weighted by atomic mass is 16.7. The summed E-state index contributed by atoms with van der Waals surface area (Å²) in [6, 6.07) is 17.2. The lowest BCUT2D eigenvalue weighted by Crippen LogP contribution is -2.38. The molecule has 1 N–H and O–H groups in total. The van der Waals surface area contributed by atoms with Gasteiger partial charge < -0.3 is 24.3 Å². The summed E-state index contributed by atoms with van der Waals surface area (Å²) in [5.74, 6) is 0.0314. The molecule has 0 spiro atoms. The molecule has 5 rings (SSSR count). The maximum absolute atomic E-state index is 13.0. The molecule has 2 aliphatic heterocycles. The van der Waals surface area contributed by atoms with E-state index in [0.717, 1.165) is 10.5 Å². The number of anilines is 1. The summed E-state index contributed by atoms with van der Waals surface area (Å²) in [5, 5.41) is 3.12. The Hall–Kier alpha value is -4.70. The van der Waals surface area contributed by atoms with Gasteiger partial charge in [0.2, 0.25) is 12.7 Å². The third-order valence-corrected chi connectivity index (χ3v) is 6.22. The van der Waals surface area contributed by atoms with Crippen LogP contribution in [0.25, 0.3) is 0 Å². The molecule has 0 saturated carbocycles. The number of ether oxygens (including phenoxy) is 4. The molecule has 194 valence electrons. The maximum atomic E-state index is 13.0. The first kappa shape index (κ1) is 25.0. The molecule has 2 aliphatic rings. The average Bonchev–Trinajstić information content (AvgIpc) is 3.53. The highest BCUT2D eigenvalue weighted by Gasteiger charge is 2.39. The van der Waals surface area contributed by atoms with Crippen LogP contribution in [0, 0.1) is 0 Å². The van der Waals surface area contributed by atoms with Crippen molar-refractivity contribution in [1.29, 1.82) is 0 Å². The molecule has 2 heterocycles. The van der Waals surface area contributed by atoms with E-state index in [0.29, 0.717) is 35.0 Å². The van der Waals surface area contributed by atoms with E-state index >= 15 is 0 Å². The largest absolute Gasteiger partial charge is 0.497 e. The summed E-state index contributed by atoms with van der Waals surface area (Å²) in [4.78, 5) is 51.5. The van der Waals surface area contributed by atoms with E-state index in [1.807, 2.05) is 12.1 Å². The number of imide groups is 1. The van der Waals surface area contributed by atoms with Gasteiger partial charge in [0.25, 0.3) is 5.91 Å². The van der Waals surface area contributed by atoms with Crippen molar-refractivity contribution in [2.45, 2.75) is 19.0 Å². The van der Waals surface area contributed by atoms with Gasteiger partial charge in [-0.2, -0.15) is 0 Å². The maximum Gasteiger partial charge on any atom is 0.338 e. The Labute approximate surface area is 218 Å². The fourth-order valence-electron chi connectivity index (χ4n) is 4.20. The Morgan fingerprint density at radius 1 is 0.974 bits per heavy atom. The molecule has 0 radical (unpaired) electrons. The van der Waals surface area contributed by atoms with Gasteiger partial charge >= 0.3 is 5.97 Å². The SMILES string of the molecule is COc1cccc(C(=O)COC(=O)c2ccc(N3C(=O)CC(NCc4ccc5c(c4)OCO5)C3=O)cc2)c1. The van der Waals surface area contributed by atoms with Crippen molar-refractivity contribution < 1.29 is 38.1 Å².